The molecule has 3 rings (SSSR count). The molecule has 0 saturated heterocycles. The maximum absolute atomic E-state index is 13.1. The zero-order valence-electron chi connectivity index (χ0n) is 14.4. The van der Waals surface area contributed by atoms with Crippen molar-refractivity contribution in [3.8, 4) is 6.07 Å². The van der Waals surface area contributed by atoms with Crippen LogP contribution >= 0.6 is 0 Å². The maximum atomic E-state index is 13.1. The number of nitriles is 1. The van der Waals surface area contributed by atoms with Crippen LogP contribution in [0.25, 0.3) is 0 Å². The van der Waals surface area contributed by atoms with Gasteiger partial charge >= 0.3 is 0 Å². The molecule has 1 heterocycles. The Morgan fingerprint density at radius 3 is 2.73 bits per heavy atom. The van der Waals surface area contributed by atoms with Gasteiger partial charge in [-0.1, -0.05) is 0 Å². The number of aromatic nitrogens is 2. The molecule has 136 valence electrons. The van der Waals surface area contributed by atoms with Crippen LogP contribution < -0.4 is 16.4 Å². The second-order valence-corrected chi connectivity index (χ2v) is 6.47. The van der Waals surface area contributed by atoms with Gasteiger partial charge in [-0.3, -0.25) is 9.48 Å². The monoisotopic (exact) mass is 356 g/mol. The Labute approximate surface area is 151 Å². The molecule has 1 aliphatic carbocycles. The minimum absolute atomic E-state index is 0.119. The molecule has 1 aliphatic rings. The van der Waals surface area contributed by atoms with Crippen molar-refractivity contribution >= 4 is 17.4 Å². The van der Waals surface area contributed by atoms with Crippen LogP contribution in [-0.4, -0.2) is 28.8 Å². The molecule has 1 aromatic heterocycles. The van der Waals surface area contributed by atoms with Gasteiger partial charge in [0.25, 0.3) is 5.91 Å². The maximum Gasteiger partial charge on any atom is 0.254 e. The SMILES string of the molecule is CN[C@H]1CCC(n2cc(C(N)=O)c(Nc3ccc(F)cc3)n2)[C@@H](C#N)C1. The molecule has 1 unspecified atom stereocenters. The van der Waals surface area contributed by atoms with Crippen molar-refractivity contribution in [3.05, 3.63) is 41.8 Å². The van der Waals surface area contributed by atoms with Crippen LogP contribution in [0, 0.1) is 23.1 Å². The van der Waals surface area contributed by atoms with E-state index in [1.165, 1.54) is 12.1 Å². The highest BCUT2D eigenvalue weighted by Crippen LogP contribution is 2.34. The average Bonchev–Trinajstić information content (AvgIpc) is 3.07. The third-order valence-electron chi connectivity index (χ3n) is 4.83. The number of carbonyl (C=O) groups is 1. The Morgan fingerprint density at radius 2 is 2.12 bits per heavy atom. The van der Waals surface area contributed by atoms with Gasteiger partial charge in [-0.15, -0.1) is 0 Å². The van der Waals surface area contributed by atoms with Gasteiger partial charge in [0.05, 0.1) is 18.0 Å². The van der Waals surface area contributed by atoms with E-state index in [1.807, 2.05) is 7.05 Å². The Kier molecular flexibility index (Phi) is 5.19. The van der Waals surface area contributed by atoms with Crippen molar-refractivity contribution in [2.45, 2.75) is 31.3 Å². The molecule has 0 bridgehead atoms. The van der Waals surface area contributed by atoms with Crippen LogP contribution in [0.1, 0.15) is 35.7 Å². The molecule has 26 heavy (non-hydrogen) atoms. The second-order valence-electron chi connectivity index (χ2n) is 6.47. The van der Waals surface area contributed by atoms with E-state index in [2.05, 4.69) is 21.8 Å². The molecule has 1 saturated carbocycles. The number of primary amides is 1. The molecule has 1 aromatic carbocycles. The van der Waals surface area contributed by atoms with Crippen molar-refractivity contribution < 1.29 is 9.18 Å². The number of nitrogens with zero attached hydrogens (tertiary/aromatic N) is 3. The third-order valence-corrected chi connectivity index (χ3v) is 4.83. The topological polar surface area (TPSA) is 109 Å². The van der Waals surface area contributed by atoms with Crippen LogP contribution in [0.5, 0.6) is 0 Å². The number of benzene rings is 1. The third kappa shape index (κ3) is 3.68. The van der Waals surface area contributed by atoms with Crippen LogP contribution in [0.15, 0.2) is 30.5 Å². The summed E-state index contributed by atoms with van der Waals surface area (Å²) >= 11 is 0. The quantitative estimate of drug-likeness (QED) is 0.762. The number of nitrogens with one attached hydrogen (secondary N) is 2. The zero-order valence-corrected chi connectivity index (χ0v) is 14.4. The number of rotatable bonds is 5. The second kappa shape index (κ2) is 7.54. The van der Waals surface area contributed by atoms with Gasteiger partial charge < -0.3 is 16.4 Å². The highest BCUT2D eigenvalue weighted by Gasteiger charge is 2.32. The van der Waals surface area contributed by atoms with Crippen LogP contribution in [0.3, 0.4) is 0 Å². The van der Waals surface area contributed by atoms with Crippen molar-refractivity contribution in [2.24, 2.45) is 11.7 Å². The first-order chi connectivity index (χ1) is 12.5. The lowest BCUT2D eigenvalue weighted by atomic mass is 9.82. The van der Waals surface area contributed by atoms with Gasteiger partial charge in [-0.25, -0.2) is 4.39 Å². The lowest BCUT2D eigenvalue weighted by molar-refractivity contribution is 0.100. The van der Waals surface area contributed by atoms with E-state index in [4.69, 9.17) is 5.73 Å². The van der Waals surface area contributed by atoms with E-state index in [1.54, 1.807) is 23.0 Å². The number of hydrogen-bond acceptors (Lipinski definition) is 5. The first-order valence-electron chi connectivity index (χ1n) is 8.50. The van der Waals surface area contributed by atoms with E-state index in [0.717, 1.165) is 19.3 Å². The number of hydrogen-bond donors (Lipinski definition) is 3. The van der Waals surface area contributed by atoms with E-state index < -0.39 is 5.91 Å². The zero-order chi connectivity index (χ0) is 18.7. The van der Waals surface area contributed by atoms with Gasteiger partial charge in [0, 0.05) is 17.9 Å². The highest BCUT2D eigenvalue weighted by molar-refractivity contribution is 5.98. The van der Waals surface area contributed by atoms with E-state index in [0.29, 0.717) is 17.5 Å². The average molecular weight is 356 g/mol. The Morgan fingerprint density at radius 1 is 1.38 bits per heavy atom. The molecule has 7 nitrogen and oxygen atoms in total. The molecule has 1 amide bonds. The molecule has 3 atom stereocenters. The summed E-state index contributed by atoms with van der Waals surface area (Å²) in [5, 5.41) is 20.2. The fourth-order valence-electron chi connectivity index (χ4n) is 3.38. The van der Waals surface area contributed by atoms with E-state index >= 15 is 0 Å². The molecule has 8 heteroatoms. The summed E-state index contributed by atoms with van der Waals surface area (Å²) in [6.45, 7) is 0. The molecule has 0 aliphatic heterocycles. The van der Waals surface area contributed by atoms with E-state index in [-0.39, 0.29) is 23.3 Å². The van der Waals surface area contributed by atoms with E-state index in [9.17, 15) is 14.4 Å². The van der Waals surface area contributed by atoms with Gasteiger partial charge in [-0.2, -0.15) is 10.4 Å². The molecular formula is C18H21FN6O. The number of halogens is 1. The van der Waals surface area contributed by atoms with Crippen LogP contribution in [0.4, 0.5) is 15.9 Å². The summed E-state index contributed by atoms with van der Waals surface area (Å²) in [5.41, 5.74) is 6.31. The Balaban J connectivity index is 1.88. The molecular weight excluding hydrogens is 335 g/mol. The Bertz CT molecular complexity index is 825. The van der Waals surface area contributed by atoms with Gasteiger partial charge in [0.1, 0.15) is 11.4 Å². The van der Waals surface area contributed by atoms with Crippen molar-refractivity contribution in [2.75, 3.05) is 12.4 Å². The number of anilines is 2. The molecule has 4 N–H and O–H groups in total. The highest BCUT2D eigenvalue weighted by atomic mass is 19.1. The minimum Gasteiger partial charge on any atom is -0.365 e. The fraction of sp³-hybridized carbons (Fsp3) is 0.389. The standard InChI is InChI=1S/C18H21FN6O/c1-22-14-6-7-16(11(8-14)9-20)25-10-15(17(21)26)18(24-25)23-13-4-2-12(19)3-5-13/h2-5,10-11,14,16,22H,6-8H2,1H3,(H2,21,26)(H,23,24)/t11-,14+,16?/m1/s1. The molecule has 2 aromatic rings. The van der Waals surface area contributed by atoms with Crippen LogP contribution in [0.2, 0.25) is 0 Å². The lowest BCUT2D eigenvalue weighted by Gasteiger charge is -2.32. The Hall–Kier alpha value is -2.92. The van der Waals surface area contributed by atoms with Crippen LogP contribution in [-0.2, 0) is 0 Å². The smallest absolute Gasteiger partial charge is 0.254 e. The summed E-state index contributed by atoms with van der Waals surface area (Å²) in [7, 11) is 1.89. The number of nitrogens with two attached hydrogens (primary N) is 1. The van der Waals surface area contributed by atoms with Gasteiger partial charge in [-0.05, 0) is 50.6 Å². The minimum atomic E-state index is -0.613. The first-order valence-corrected chi connectivity index (χ1v) is 8.50. The van der Waals surface area contributed by atoms with Gasteiger partial charge in [0.15, 0.2) is 5.82 Å². The van der Waals surface area contributed by atoms with Crippen molar-refractivity contribution in [1.29, 1.82) is 5.26 Å². The summed E-state index contributed by atoms with van der Waals surface area (Å²) in [6.07, 6.45) is 4.01. The molecule has 0 spiro atoms. The predicted molar refractivity (Wildman–Crippen MR) is 95.3 cm³/mol. The largest absolute Gasteiger partial charge is 0.365 e. The normalized spacial score (nSPS) is 22.6. The summed E-state index contributed by atoms with van der Waals surface area (Å²) in [4.78, 5) is 11.8. The summed E-state index contributed by atoms with van der Waals surface area (Å²) in [6, 6.07) is 8.27. The lowest BCUT2D eigenvalue weighted by Crippen LogP contribution is -2.36. The number of carbonyl (C=O) groups excluding carboxylic acids is 1. The number of amides is 1. The fourth-order valence-corrected chi connectivity index (χ4v) is 3.38. The summed E-state index contributed by atoms with van der Waals surface area (Å²) in [5.74, 6) is -0.871. The van der Waals surface area contributed by atoms with Crippen molar-refractivity contribution in [3.63, 3.8) is 0 Å². The van der Waals surface area contributed by atoms with Gasteiger partial charge in [0.2, 0.25) is 0 Å². The molecule has 0 radical (unpaired) electrons. The summed E-state index contributed by atoms with van der Waals surface area (Å²) < 4.78 is 14.7. The predicted octanol–water partition coefficient (Wildman–Crippen LogP) is 2.32. The molecule has 1 fully saturated rings. The first kappa shape index (κ1) is 17.9. The van der Waals surface area contributed by atoms with Crippen molar-refractivity contribution in [1.82, 2.24) is 15.1 Å².